The van der Waals surface area contributed by atoms with Crippen LogP contribution in [0.4, 0.5) is 0 Å². The molecule has 0 aliphatic carbocycles. The summed E-state index contributed by atoms with van der Waals surface area (Å²) < 4.78 is 7.45. The molecule has 38 heavy (non-hydrogen) atoms. The van der Waals surface area contributed by atoms with Crippen molar-refractivity contribution in [3.05, 3.63) is 75.1 Å². The van der Waals surface area contributed by atoms with E-state index >= 15 is 0 Å². The highest BCUT2D eigenvalue weighted by atomic mass is 16.5. The third kappa shape index (κ3) is 5.11. The Morgan fingerprint density at radius 3 is 2.34 bits per heavy atom. The Morgan fingerprint density at radius 2 is 1.68 bits per heavy atom. The highest BCUT2D eigenvalue weighted by Crippen LogP contribution is 2.32. The van der Waals surface area contributed by atoms with E-state index in [-0.39, 0.29) is 18.2 Å². The maximum atomic E-state index is 13.3. The molecule has 1 atom stereocenters. The van der Waals surface area contributed by atoms with E-state index in [1.807, 2.05) is 25.1 Å². The van der Waals surface area contributed by atoms with Gasteiger partial charge in [-0.25, -0.2) is 14.2 Å². The second-order valence-corrected chi connectivity index (χ2v) is 9.99. The molecule has 0 saturated carbocycles. The zero-order chi connectivity index (χ0) is 27.6. The summed E-state index contributed by atoms with van der Waals surface area (Å²) in [6, 6.07) is 11.1. The summed E-state index contributed by atoms with van der Waals surface area (Å²) in [7, 11) is 2.84. The fraction of sp³-hybridized carbons (Fsp3) is 0.393. The molecule has 0 spiro atoms. The minimum absolute atomic E-state index is 0.0224. The molecule has 1 N–H and O–H groups in total. The molecule has 0 radical (unpaired) electrons. The molecule has 0 bridgehead atoms. The van der Waals surface area contributed by atoms with E-state index in [0.29, 0.717) is 37.0 Å². The van der Waals surface area contributed by atoms with Crippen LogP contribution in [0.1, 0.15) is 32.3 Å². The predicted molar refractivity (Wildman–Crippen MR) is 142 cm³/mol. The molecule has 1 aliphatic heterocycles. The molecule has 4 rings (SSSR count). The number of aromatic nitrogens is 2. The molecule has 2 aromatic carbocycles. The van der Waals surface area contributed by atoms with Crippen molar-refractivity contribution < 1.29 is 19.1 Å². The summed E-state index contributed by atoms with van der Waals surface area (Å²) in [4.78, 5) is 64.9. The average Bonchev–Trinajstić information content (AvgIpc) is 2.90. The number of methoxy groups -OCH3 is 1. The zero-order valence-electron chi connectivity index (χ0n) is 22.0. The van der Waals surface area contributed by atoms with Crippen LogP contribution in [-0.2, 0) is 32.6 Å². The van der Waals surface area contributed by atoms with Crippen molar-refractivity contribution in [2.45, 2.75) is 39.2 Å². The number of fused-ring (bicyclic) bond motifs is 1. The molecule has 10 nitrogen and oxygen atoms in total. The number of benzene rings is 2. The van der Waals surface area contributed by atoms with Crippen LogP contribution >= 0.6 is 0 Å². The number of likely N-dealkylation sites (tertiary alicyclic amines) is 1. The molecule has 2 heterocycles. The van der Waals surface area contributed by atoms with Gasteiger partial charge in [-0.2, -0.15) is 0 Å². The Morgan fingerprint density at radius 1 is 1.03 bits per heavy atom. The third-order valence-electron chi connectivity index (χ3n) is 7.46. The number of carbonyl (C=O) groups excluding carboxylic acids is 3. The van der Waals surface area contributed by atoms with Crippen molar-refractivity contribution in [1.82, 2.24) is 19.4 Å². The number of piperidine rings is 1. The molecule has 0 unspecified atom stereocenters. The van der Waals surface area contributed by atoms with Crippen LogP contribution in [0, 0.1) is 5.41 Å². The summed E-state index contributed by atoms with van der Waals surface area (Å²) >= 11 is 0. The molecule has 1 fully saturated rings. The number of aryl methyl sites for hydroxylation is 1. The van der Waals surface area contributed by atoms with Gasteiger partial charge in [-0.1, -0.05) is 37.3 Å². The standard InChI is InChI=1S/C28H32N4O6/c1-18(33)31-15-12-28(2,13-16-31)26(36)29-22(25(35)38-4)17-19-7-5-9-21-20(19)8-6-10-23(21)32-24(34)11-14-30(3)27(32)37/h5-11,14,22H,12-13,15-17H2,1-4H3,(H,29,36)/t22-/m0/s1. The van der Waals surface area contributed by atoms with Gasteiger partial charge < -0.3 is 19.5 Å². The summed E-state index contributed by atoms with van der Waals surface area (Å²) in [5.41, 5.74) is -0.469. The number of nitrogens with zero attached hydrogens (tertiary/aromatic N) is 3. The SMILES string of the molecule is COC(=O)[C@H](Cc1cccc2c(-n3c(=O)ccn(C)c3=O)cccc12)NC(=O)C1(C)CCN(C(C)=O)CC1. The Balaban J connectivity index is 1.66. The maximum absolute atomic E-state index is 13.3. The van der Waals surface area contributed by atoms with E-state index in [9.17, 15) is 24.0 Å². The number of carbonyl (C=O) groups is 3. The normalized spacial score (nSPS) is 15.6. The largest absolute Gasteiger partial charge is 0.467 e. The molecule has 10 heteroatoms. The van der Waals surface area contributed by atoms with Crippen LogP contribution in [0.15, 0.2) is 58.3 Å². The number of nitrogens with one attached hydrogen (secondary N) is 1. The molecule has 1 aliphatic rings. The van der Waals surface area contributed by atoms with E-state index in [0.717, 1.165) is 15.5 Å². The second kappa shape index (κ2) is 10.6. The number of amides is 2. The lowest BCUT2D eigenvalue weighted by molar-refractivity contribution is -0.147. The van der Waals surface area contributed by atoms with Crippen molar-refractivity contribution in [1.29, 1.82) is 0 Å². The van der Waals surface area contributed by atoms with Gasteiger partial charge in [0.2, 0.25) is 11.8 Å². The van der Waals surface area contributed by atoms with Crippen molar-refractivity contribution in [2.75, 3.05) is 20.2 Å². The monoisotopic (exact) mass is 520 g/mol. The highest BCUT2D eigenvalue weighted by molar-refractivity contribution is 5.94. The summed E-state index contributed by atoms with van der Waals surface area (Å²) in [5, 5.41) is 4.29. The molecular weight excluding hydrogens is 488 g/mol. The first-order chi connectivity index (χ1) is 18.1. The highest BCUT2D eigenvalue weighted by Gasteiger charge is 2.39. The van der Waals surface area contributed by atoms with Gasteiger partial charge in [-0.3, -0.25) is 14.4 Å². The first kappa shape index (κ1) is 26.8. The second-order valence-electron chi connectivity index (χ2n) is 9.99. The average molecular weight is 521 g/mol. The number of esters is 1. The van der Waals surface area contributed by atoms with Crippen molar-refractivity contribution in [3.63, 3.8) is 0 Å². The van der Waals surface area contributed by atoms with Gasteiger partial charge in [0.1, 0.15) is 6.04 Å². The lowest BCUT2D eigenvalue weighted by atomic mass is 9.79. The van der Waals surface area contributed by atoms with Crippen LogP contribution in [-0.4, -0.2) is 58.1 Å². The lowest BCUT2D eigenvalue weighted by Crippen LogP contribution is -2.52. The van der Waals surface area contributed by atoms with E-state index in [2.05, 4.69) is 5.32 Å². The van der Waals surface area contributed by atoms with Crippen LogP contribution < -0.4 is 16.6 Å². The first-order valence-electron chi connectivity index (χ1n) is 12.5. The molecule has 1 saturated heterocycles. The van der Waals surface area contributed by atoms with E-state index in [1.54, 1.807) is 30.1 Å². The minimum atomic E-state index is -0.947. The summed E-state index contributed by atoms with van der Waals surface area (Å²) in [5.74, 6) is -0.869. The number of ether oxygens (including phenoxy) is 1. The quantitative estimate of drug-likeness (QED) is 0.493. The zero-order valence-corrected chi connectivity index (χ0v) is 22.0. The van der Waals surface area contributed by atoms with Gasteiger partial charge in [0, 0.05) is 56.5 Å². The van der Waals surface area contributed by atoms with Gasteiger partial charge in [0.05, 0.1) is 12.8 Å². The number of hydrogen-bond acceptors (Lipinski definition) is 6. The fourth-order valence-corrected chi connectivity index (χ4v) is 4.95. The van der Waals surface area contributed by atoms with Gasteiger partial charge in [-0.05, 0) is 29.9 Å². The van der Waals surface area contributed by atoms with Gasteiger partial charge >= 0.3 is 11.7 Å². The maximum Gasteiger partial charge on any atom is 0.335 e. The molecule has 2 amide bonds. The molecule has 3 aromatic rings. The van der Waals surface area contributed by atoms with Crippen molar-refractivity contribution >= 4 is 28.6 Å². The minimum Gasteiger partial charge on any atom is -0.467 e. The Bertz CT molecular complexity index is 1510. The number of rotatable bonds is 6. The topological polar surface area (TPSA) is 120 Å². The van der Waals surface area contributed by atoms with Crippen molar-refractivity contribution in [3.8, 4) is 5.69 Å². The summed E-state index contributed by atoms with van der Waals surface area (Å²) in [6.07, 6.45) is 2.55. The molecule has 1 aromatic heterocycles. The fourth-order valence-electron chi connectivity index (χ4n) is 4.95. The van der Waals surface area contributed by atoms with Crippen LogP contribution in [0.3, 0.4) is 0 Å². The molecular formula is C28H32N4O6. The number of hydrogen-bond donors (Lipinski definition) is 1. The van der Waals surface area contributed by atoms with E-state index < -0.39 is 28.7 Å². The van der Waals surface area contributed by atoms with Gasteiger partial charge in [-0.15, -0.1) is 0 Å². The van der Waals surface area contributed by atoms with E-state index in [1.165, 1.54) is 30.9 Å². The Labute approximate surface area is 219 Å². The van der Waals surface area contributed by atoms with Crippen LogP contribution in [0.25, 0.3) is 16.5 Å². The Hall–Kier alpha value is -4.21. The van der Waals surface area contributed by atoms with Gasteiger partial charge in [0.15, 0.2) is 0 Å². The summed E-state index contributed by atoms with van der Waals surface area (Å²) in [6.45, 7) is 4.31. The van der Waals surface area contributed by atoms with Crippen LogP contribution in [0.2, 0.25) is 0 Å². The Kier molecular flexibility index (Phi) is 7.52. The predicted octanol–water partition coefficient (Wildman–Crippen LogP) is 1.54. The smallest absolute Gasteiger partial charge is 0.335 e. The molecule has 200 valence electrons. The van der Waals surface area contributed by atoms with Crippen molar-refractivity contribution in [2.24, 2.45) is 12.5 Å². The third-order valence-corrected chi connectivity index (χ3v) is 7.46. The lowest BCUT2D eigenvalue weighted by Gasteiger charge is -2.38. The van der Waals surface area contributed by atoms with Gasteiger partial charge in [0.25, 0.3) is 5.56 Å². The van der Waals surface area contributed by atoms with Crippen LogP contribution in [0.5, 0.6) is 0 Å². The van der Waals surface area contributed by atoms with E-state index in [4.69, 9.17) is 4.74 Å². The first-order valence-corrected chi connectivity index (χ1v) is 12.5.